The van der Waals surface area contributed by atoms with Gasteiger partial charge >= 0.3 is 0 Å². The molecule has 168 valence electrons. The quantitative estimate of drug-likeness (QED) is 0.447. The molecule has 1 fully saturated rings. The number of aryl methyl sites for hydroxylation is 1. The highest BCUT2D eigenvalue weighted by Gasteiger charge is 2.35. The molecule has 0 saturated heterocycles. The fraction of sp³-hybridized carbons (Fsp3) is 0.680. The predicted molar refractivity (Wildman–Crippen MR) is 126 cm³/mol. The average Bonchev–Trinajstić information content (AvgIpc) is 3.14. The minimum Gasteiger partial charge on any atom is -0.497 e. The fourth-order valence-corrected chi connectivity index (χ4v) is 6.53. The molecule has 0 radical (unpaired) electrons. The van der Waals surface area contributed by atoms with E-state index in [0.717, 1.165) is 30.9 Å². The third kappa shape index (κ3) is 5.40. The summed E-state index contributed by atoms with van der Waals surface area (Å²) in [5, 5.41) is 1.27. The second kappa shape index (κ2) is 9.76. The lowest BCUT2D eigenvalue weighted by atomic mass is 9.80. The van der Waals surface area contributed by atoms with Crippen molar-refractivity contribution >= 4 is 20.7 Å². The maximum atomic E-state index is 12.7. The Kier molecular flexibility index (Phi) is 7.54. The molecule has 4 nitrogen and oxygen atoms in total. The van der Waals surface area contributed by atoms with Crippen LogP contribution in [-0.2, 0) is 16.3 Å². The van der Waals surface area contributed by atoms with E-state index >= 15 is 0 Å². The van der Waals surface area contributed by atoms with Gasteiger partial charge in [-0.05, 0) is 81.5 Å². The second-order valence-electron chi connectivity index (χ2n) is 9.75. The number of rotatable bonds is 10. The van der Waals surface area contributed by atoms with Gasteiger partial charge in [0.25, 0.3) is 0 Å². The number of unbranched alkanes of at least 4 members (excludes halogenated alkanes) is 1. The number of nitrogens with one attached hydrogen (secondary N) is 1. The number of hydrogen-bond acceptors (Lipinski definition) is 3. The van der Waals surface area contributed by atoms with Gasteiger partial charge in [-0.3, -0.25) is 0 Å². The molecular weight excluding hydrogens is 394 g/mol. The minimum absolute atomic E-state index is 0.360. The molecule has 0 amide bonds. The van der Waals surface area contributed by atoms with Crippen molar-refractivity contribution in [2.24, 2.45) is 11.8 Å². The van der Waals surface area contributed by atoms with Crippen molar-refractivity contribution in [3.8, 4) is 5.75 Å². The summed E-state index contributed by atoms with van der Waals surface area (Å²) in [6.45, 7) is 5.72. The molecule has 1 aliphatic carbocycles. The first-order valence-electron chi connectivity index (χ1n) is 11.6. The lowest BCUT2D eigenvalue weighted by Crippen LogP contribution is -2.36. The molecular formula is C25H39NO3S. The number of H-pyrrole nitrogens is 1. The Labute approximate surface area is 182 Å². The van der Waals surface area contributed by atoms with E-state index in [2.05, 4.69) is 23.3 Å². The maximum Gasteiger partial charge on any atom is 0.155 e. The van der Waals surface area contributed by atoms with Crippen LogP contribution in [0, 0.1) is 11.8 Å². The number of benzene rings is 1. The second-order valence-corrected chi connectivity index (χ2v) is 12.4. The summed E-state index contributed by atoms with van der Waals surface area (Å²) in [6.07, 6.45) is 12.2. The van der Waals surface area contributed by atoms with Crippen LogP contribution in [0.3, 0.4) is 0 Å². The van der Waals surface area contributed by atoms with Crippen LogP contribution < -0.4 is 4.74 Å². The Morgan fingerprint density at radius 2 is 1.80 bits per heavy atom. The molecule has 1 saturated carbocycles. The molecule has 1 aromatic carbocycles. The van der Waals surface area contributed by atoms with Crippen molar-refractivity contribution in [3.05, 3.63) is 30.0 Å². The van der Waals surface area contributed by atoms with Crippen LogP contribution in [0.4, 0.5) is 0 Å². The number of sulfone groups is 1. The topological polar surface area (TPSA) is 59.2 Å². The van der Waals surface area contributed by atoms with Gasteiger partial charge in [0.05, 0.1) is 17.6 Å². The third-order valence-electron chi connectivity index (χ3n) is 7.40. The van der Waals surface area contributed by atoms with E-state index in [1.165, 1.54) is 48.6 Å². The summed E-state index contributed by atoms with van der Waals surface area (Å²) in [5.74, 6) is 2.42. The van der Waals surface area contributed by atoms with E-state index in [0.29, 0.717) is 18.1 Å². The summed E-state index contributed by atoms with van der Waals surface area (Å²) < 4.78 is 30.1. The smallest absolute Gasteiger partial charge is 0.155 e. The van der Waals surface area contributed by atoms with Crippen LogP contribution in [0.5, 0.6) is 5.75 Å². The first-order chi connectivity index (χ1) is 14.3. The van der Waals surface area contributed by atoms with Crippen LogP contribution in [0.1, 0.15) is 77.7 Å². The Morgan fingerprint density at radius 3 is 2.47 bits per heavy atom. The highest BCUT2D eigenvalue weighted by atomic mass is 32.2. The third-order valence-corrected chi connectivity index (χ3v) is 10.3. The molecule has 2 aromatic rings. The summed E-state index contributed by atoms with van der Waals surface area (Å²) in [7, 11) is -1.30. The van der Waals surface area contributed by atoms with Crippen LogP contribution >= 0.6 is 0 Å². The standard InChI is InChI=1S/C25H39NO3S/c1-5-25(2,3)30(27,28)18-20-12-10-19(11-13-20)8-6-7-9-21-17-26-24-15-14-22(29-4)16-23(21)24/h14-17,19-20,26H,5-13,18H2,1-4H3. The van der Waals surface area contributed by atoms with E-state index in [1.807, 2.05) is 26.8 Å². The van der Waals surface area contributed by atoms with Crippen LogP contribution in [0.15, 0.2) is 24.4 Å². The summed E-state index contributed by atoms with van der Waals surface area (Å²) >= 11 is 0. The molecule has 5 heteroatoms. The largest absolute Gasteiger partial charge is 0.497 e. The van der Waals surface area contributed by atoms with Crippen LogP contribution in [0.2, 0.25) is 0 Å². The Bertz CT molecular complexity index is 921. The Balaban J connectivity index is 1.40. The Morgan fingerprint density at radius 1 is 1.10 bits per heavy atom. The SMILES string of the molecule is CCC(C)(C)S(=O)(=O)CC1CCC(CCCCc2c[nH]c3ccc(OC)cc23)CC1. The predicted octanol–water partition coefficient (Wildman–Crippen LogP) is 6.30. The number of methoxy groups -OCH3 is 1. The van der Waals surface area contributed by atoms with Gasteiger partial charge in [-0.1, -0.05) is 32.6 Å². The number of fused-ring (bicyclic) bond motifs is 1. The molecule has 1 heterocycles. The molecule has 0 aliphatic heterocycles. The van der Waals surface area contributed by atoms with Gasteiger partial charge in [-0.2, -0.15) is 0 Å². The molecule has 1 aromatic heterocycles. The Hall–Kier alpha value is -1.49. The van der Waals surface area contributed by atoms with Gasteiger partial charge < -0.3 is 9.72 Å². The molecule has 0 atom stereocenters. The van der Waals surface area contributed by atoms with E-state index in [4.69, 9.17) is 4.74 Å². The van der Waals surface area contributed by atoms with Gasteiger partial charge in [0.1, 0.15) is 5.75 Å². The lowest BCUT2D eigenvalue weighted by molar-refractivity contribution is 0.272. The molecule has 1 N–H and O–H groups in total. The first-order valence-corrected chi connectivity index (χ1v) is 13.3. The van der Waals surface area contributed by atoms with Gasteiger partial charge in [-0.25, -0.2) is 8.42 Å². The van der Waals surface area contributed by atoms with Crippen molar-refractivity contribution < 1.29 is 13.2 Å². The van der Waals surface area contributed by atoms with Crippen molar-refractivity contribution in [2.75, 3.05) is 12.9 Å². The number of hydrogen-bond donors (Lipinski definition) is 1. The van der Waals surface area contributed by atoms with E-state index in [1.54, 1.807) is 7.11 Å². The fourth-order valence-electron chi connectivity index (χ4n) is 4.68. The molecule has 0 bridgehead atoms. The first kappa shape index (κ1) is 23.2. The van der Waals surface area contributed by atoms with Crippen molar-refractivity contribution in [3.63, 3.8) is 0 Å². The van der Waals surface area contributed by atoms with E-state index in [9.17, 15) is 8.42 Å². The molecule has 3 rings (SSSR count). The summed E-state index contributed by atoms with van der Waals surface area (Å²) in [5.41, 5.74) is 2.54. The van der Waals surface area contributed by atoms with Crippen LogP contribution in [0.25, 0.3) is 10.9 Å². The zero-order valence-electron chi connectivity index (χ0n) is 19.2. The number of aromatic nitrogens is 1. The minimum atomic E-state index is -3.01. The normalized spacial score (nSPS) is 20.5. The molecule has 30 heavy (non-hydrogen) atoms. The van der Waals surface area contributed by atoms with Crippen molar-refractivity contribution in [1.82, 2.24) is 4.98 Å². The van der Waals surface area contributed by atoms with Crippen molar-refractivity contribution in [2.45, 2.75) is 83.3 Å². The monoisotopic (exact) mass is 433 g/mol. The maximum absolute atomic E-state index is 12.7. The average molecular weight is 434 g/mol. The van der Waals surface area contributed by atoms with E-state index in [-0.39, 0.29) is 0 Å². The highest BCUT2D eigenvalue weighted by molar-refractivity contribution is 7.92. The highest BCUT2D eigenvalue weighted by Crippen LogP contribution is 2.35. The van der Waals surface area contributed by atoms with Gasteiger partial charge in [0.15, 0.2) is 9.84 Å². The number of aromatic amines is 1. The summed E-state index contributed by atoms with van der Waals surface area (Å²) in [4.78, 5) is 3.36. The zero-order chi connectivity index (χ0) is 21.8. The van der Waals surface area contributed by atoms with Crippen molar-refractivity contribution in [1.29, 1.82) is 0 Å². The summed E-state index contributed by atoms with van der Waals surface area (Å²) in [6, 6.07) is 6.20. The van der Waals surface area contributed by atoms with E-state index < -0.39 is 14.6 Å². The number of ether oxygens (including phenoxy) is 1. The van der Waals surface area contributed by atoms with Gasteiger partial charge in [-0.15, -0.1) is 0 Å². The van der Waals surface area contributed by atoms with Crippen LogP contribution in [-0.4, -0.2) is 31.0 Å². The molecule has 0 spiro atoms. The molecule has 0 unspecified atom stereocenters. The zero-order valence-corrected chi connectivity index (χ0v) is 20.0. The van der Waals surface area contributed by atoms with Gasteiger partial charge in [0.2, 0.25) is 0 Å². The molecule has 1 aliphatic rings. The lowest BCUT2D eigenvalue weighted by Gasteiger charge is -2.31. The van der Waals surface area contributed by atoms with Gasteiger partial charge in [0, 0.05) is 17.1 Å².